The first-order chi connectivity index (χ1) is 11.9. The Morgan fingerprint density at radius 2 is 2.28 bits per heavy atom. The molecule has 3 rings (SSSR count). The number of amides is 2. The van der Waals surface area contributed by atoms with E-state index in [2.05, 4.69) is 15.2 Å². The number of fused-ring (bicyclic) bond motifs is 1. The number of hydrogen-bond acceptors (Lipinski definition) is 5. The first kappa shape index (κ1) is 17.8. The van der Waals surface area contributed by atoms with Gasteiger partial charge in [-0.05, 0) is 45.3 Å². The normalized spacial score (nSPS) is 17.7. The fourth-order valence-electron chi connectivity index (χ4n) is 2.90. The lowest BCUT2D eigenvalue weighted by atomic mass is 10.1. The van der Waals surface area contributed by atoms with E-state index in [9.17, 15) is 14.0 Å². The van der Waals surface area contributed by atoms with Crippen LogP contribution >= 0.6 is 11.3 Å². The largest absolute Gasteiger partial charge is 0.342 e. The predicted molar refractivity (Wildman–Crippen MR) is 96.1 cm³/mol. The summed E-state index contributed by atoms with van der Waals surface area (Å²) in [5.41, 5.74) is 0.648. The van der Waals surface area contributed by atoms with E-state index in [-0.39, 0.29) is 30.0 Å². The molecular weight excluding hydrogens is 343 g/mol. The van der Waals surface area contributed by atoms with Crippen molar-refractivity contribution in [2.24, 2.45) is 5.92 Å². The van der Waals surface area contributed by atoms with Gasteiger partial charge in [-0.1, -0.05) is 11.3 Å². The van der Waals surface area contributed by atoms with Crippen LogP contribution in [0.1, 0.15) is 12.8 Å². The van der Waals surface area contributed by atoms with Crippen molar-refractivity contribution in [2.45, 2.75) is 12.8 Å². The Hall–Kier alpha value is -2.06. The molecule has 1 aromatic carbocycles. The third-order valence-corrected chi connectivity index (χ3v) is 5.13. The maximum atomic E-state index is 13.2. The van der Waals surface area contributed by atoms with Gasteiger partial charge in [0.25, 0.3) is 0 Å². The summed E-state index contributed by atoms with van der Waals surface area (Å²) in [4.78, 5) is 32.6. The van der Waals surface area contributed by atoms with E-state index >= 15 is 0 Å². The first-order valence-electron chi connectivity index (χ1n) is 8.22. The molecule has 0 saturated carbocycles. The van der Waals surface area contributed by atoms with Crippen molar-refractivity contribution in [3.8, 4) is 0 Å². The summed E-state index contributed by atoms with van der Waals surface area (Å²) in [7, 11) is 3.98. The number of benzene rings is 1. The van der Waals surface area contributed by atoms with Crippen LogP contribution in [0.4, 0.5) is 9.52 Å². The van der Waals surface area contributed by atoms with E-state index in [1.54, 1.807) is 11.0 Å². The minimum Gasteiger partial charge on any atom is -0.342 e. The third kappa shape index (κ3) is 4.32. The number of carbonyl (C=O) groups is 2. The number of aromatic nitrogens is 1. The molecule has 0 radical (unpaired) electrons. The van der Waals surface area contributed by atoms with Gasteiger partial charge >= 0.3 is 0 Å². The molecule has 0 aliphatic carbocycles. The molecular formula is C17H21FN4O2S. The Balaban J connectivity index is 1.58. The Bertz CT molecular complexity index is 792. The van der Waals surface area contributed by atoms with E-state index < -0.39 is 0 Å². The van der Waals surface area contributed by atoms with E-state index in [1.165, 1.54) is 23.5 Å². The smallest absolute Gasteiger partial charge is 0.231 e. The Kier molecular flexibility index (Phi) is 5.29. The summed E-state index contributed by atoms with van der Waals surface area (Å²) in [5.74, 6) is -0.882. The topological polar surface area (TPSA) is 65.5 Å². The summed E-state index contributed by atoms with van der Waals surface area (Å²) < 4.78 is 13.9. The summed E-state index contributed by atoms with van der Waals surface area (Å²) in [5, 5.41) is 3.20. The zero-order valence-corrected chi connectivity index (χ0v) is 15.1. The van der Waals surface area contributed by atoms with Crippen LogP contribution in [0, 0.1) is 11.7 Å². The second-order valence-corrected chi connectivity index (χ2v) is 7.55. The maximum Gasteiger partial charge on any atom is 0.231 e. The molecule has 8 heteroatoms. The van der Waals surface area contributed by atoms with Gasteiger partial charge in [-0.2, -0.15) is 0 Å². The number of nitrogens with one attached hydrogen (secondary N) is 1. The molecule has 1 aliphatic heterocycles. The fraction of sp³-hybridized carbons (Fsp3) is 0.471. The van der Waals surface area contributed by atoms with Crippen molar-refractivity contribution in [2.75, 3.05) is 39.0 Å². The van der Waals surface area contributed by atoms with Crippen LogP contribution in [0.3, 0.4) is 0 Å². The highest BCUT2D eigenvalue weighted by molar-refractivity contribution is 7.22. The molecule has 1 aliphatic rings. The van der Waals surface area contributed by atoms with Crippen LogP contribution in [-0.2, 0) is 9.59 Å². The van der Waals surface area contributed by atoms with E-state index in [0.29, 0.717) is 28.4 Å². The SMILES string of the molecule is CN(C)CCCN1CC(C(=O)Nc2nc3ccc(F)cc3s2)CC1=O. The van der Waals surface area contributed by atoms with Crippen molar-refractivity contribution >= 4 is 38.5 Å². The molecule has 1 atom stereocenters. The molecule has 1 N–H and O–H groups in total. The highest BCUT2D eigenvalue weighted by Gasteiger charge is 2.34. The van der Waals surface area contributed by atoms with Crippen molar-refractivity contribution in [3.63, 3.8) is 0 Å². The van der Waals surface area contributed by atoms with Gasteiger partial charge in [0.2, 0.25) is 11.8 Å². The Labute approximate surface area is 149 Å². The van der Waals surface area contributed by atoms with Gasteiger partial charge in [-0.25, -0.2) is 9.37 Å². The van der Waals surface area contributed by atoms with E-state index in [1.807, 2.05) is 14.1 Å². The lowest BCUT2D eigenvalue weighted by Crippen LogP contribution is -2.30. The lowest BCUT2D eigenvalue weighted by Gasteiger charge is -2.17. The van der Waals surface area contributed by atoms with Crippen molar-refractivity contribution in [1.82, 2.24) is 14.8 Å². The highest BCUT2D eigenvalue weighted by atomic mass is 32.1. The molecule has 1 fully saturated rings. The van der Waals surface area contributed by atoms with Crippen LogP contribution in [-0.4, -0.2) is 60.3 Å². The molecule has 0 spiro atoms. The molecule has 134 valence electrons. The standard InChI is InChI=1S/C17H21FN4O2S/c1-21(2)6-3-7-22-10-11(8-15(22)23)16(24)20-17-19-13-5-4-12(18)9-14(13)25-17/h4-5,9,11H,3,6-8,10H2,1-2H3,(H,19,20,24). The number of carbonyl (C=O) groups excluding carboxylic acids is 2. The van der Waals surface area contributed by atoms with Gasteiger partial charge in [0.05, 0.1) is 16.1 Å². The first-order valence-corrected chi connectivity index (χ1v) is 9.03. The molecule has 1 unspecified atom stereocenters. The number of nitrogens with zero attached hydrogens (tertiary/aromatic N) is 3. The molecule has 1 saturated heterocycles. The predicted octanol–water partition coefficient (Wildman–Crippen LogP) is 2.17. The number of rotatable bonds is 6. The van der Waals surface area contributed by atoms with Crippen LogP contribution in [0.5, 0.6) is 0 Å². The summed E-state index contributed by atoms with van der Waals surface area (Å²) in [6.07, 6.45) is 1.11. The average molecular weight is 364 g/mol. The van der Waals surface area contributed by atoms with Crippen LogP contribution in [0.15, 0.2) is 18.2 Å². The Morgan fingerprint density at radius 3 is 3.04 bits per heavy atom. The molecule has 1 aromatic heterocycles. The molecule has 25 heavy (non-hydrogen) atoms. The van der Waals surface area contributed by atoms with E-state index in [0.717, 1.165) is 13.0 Å². The van der Waals surface area contributed by atoms with Crippen molar-refractivity contribution in [3.05, 3.63) is 24.0 Å². The second kappa shape index (κ2) is 7.45. The summed E-state index contributed by atoms with van der Waals surface area (Å²) in [6, 6.07) is 4.32. The average Bonchev–Trinajstić information content (AvgIpc) is 3.10. The minimum absolute atomic E-state index is 0.0188. The van der Waals surface area contributed by atoms with Gasteiger partial charge in [-0.15, -0.1) is 0 Å². The monoisotopic (exact) mass is 364 g/mol. The zero-order valence-electron chi connectivity index (χ0n) is 14.3. The third-order valence-electron chi connectivity index (χ3n) is 4.20. The van der Waals surface area contributed by atoms with Crippen molar-refractivity contribution < 1.29 is 14.0 Å². The fourth-order valence-corrected chi connectivity index (χ4v) is 3.79. The van der Waals surface area contributed by atoms with Gasteiger partial charge < -0.3 is 15.1 Å². The molecule has 2 amide bonds. The van der Waals surface area contributed by atoms with Crippen LogP contribution < -0.4 is 5.32 Å². The molecule has 0 bridgehead atoms. The maximum absolute atomic E-state index is 13.2. The van der Waals surface area contributed by atoms with Gasteiger partial charge in [-0.3, -0.25) is 9.59 Å². The van der Waals surface area contributed by atoms with Gasteiger partial charge in [0.1, 0.15) is 5.82 Å². The van der Waals surface area contributed by atoms with Crippen molar-refractivity contribution in [1.29, 1.82) is 0 Å². The second-order valence-electron chi connectivity index (χ2n) is 6.52. The van der Waals surface area contributed by atoms with Crippen LogP contribution in [0.25, 0.3) is 10.2 Å². The van der Waals surface area contributed by atoms with Gasteiger partial charge in [0.15, 0.2) is 5.13 Å². The zero-order chi connectivity index (χ0) is 18.0. The van der Waals surface area contributed by atoms with Crippen LogP contribution in [0.2, 0.25) is 0 Å². The number of halogens is 1. The molecule has 2 aromatic rings. The lowest BCUT2D eigenvalue weighted by molar-refractivity contribution is -0.128. The number of hydrogen-bond donors (Lipinski definition) is 1. The Morgan fingerprint density at radius 1 is 1.48 bits per heavy atom. The minimum atomic E-state index is -0.365. The number of thiazole rings is 1. The quantitative estimate of drug-likeness (QED) is 0.853. The molecule has 6 nitrogen and oxygen atoms in total. The van der Waals surface area contributed by atoms with Gasteiger partial charge in [0, 0.05) is 19.5 Å². The summed E-state index contributed by atoms with van der Waals surface area (Å²) >= 11 is 1.23. The van der Waals surface area contributed by atoms with E-state index in [4.69, 9.17) is 0 Å². The summed E-state index contributed by atoms with van der Waals surface area (Å²) in [6.45, 7) is 2.02. The highest BCUT2D eigenvalue weighted by Crippen LogP contribution is 2.28. The molecule has 2 heterocycles. The number of anilines is 1. The number of likely N-dealkylation sites (tertiary alicyclic amines) is 1.